The van der Waals surface area contributed by atoms with Crippen molar-refractivity contribution >= 4 is 73.5 Å². The van der Waals surface area contributed by atoms with Gasteiger partial charge in [-0.3, -0.25) is 0 Å². The van der Waals surface area contributed by atoms with Crippen molar-refractivity contribution in [1.82, 2.24) is 4.98 Å². The Morgan fingerprint density at radius 2 is 1.28 bits per heavy atom. The number of nitrogens with zero attached hydrogens (tertiary/aromatic N) is 1. The van der Waals surface area contributed by atoms with Gasteiger partial charge in [0.1, 0.15) is 0 Å². The Kier molecular flexibility index (Phi) is 13.7. The lowest BCUT2D eigenvalue weighted by atomic mass is 10.2. The van der Waals surface area contributed by atoms with Gasteiger partial charge in [-0.1, -0.05) is 125 Å². The van der Waals surface area contributed by atoms with Crippen LogP contribution in [0.3, 0.4) is 0 Å². The van der Waals surface area contributed by atoms with Gasteiger partial charge in [-0.05, 0) is 61.4 Å². The predicted molar refractivity (Wildman–Crippen MR) is 189 cm³/mol. The topological polar surface area (TPSA) is 22.1 Å². The highest BCUT2D eigenvalue weighted by Crippen LogP contribution is 2.38. The Balaban J connectivity index is 0.000000267. The van der Waals surface area contributed by atoms with Gasteiger partial charge in [0.05, 0.1) is 16.8 Å². The number of benzene rings is 3. The third-order valence-corrected chi connectivity index (χ3v) is 14.6. The van der Waals surface area contributed by atoms with Gasteiger partial charge in [-0.25, -0.2) is 4.98 Å². The van der Waals surface area contributed by atoms with Crippen molar-refractivity contribution in [3.05, 3.63) is 113 Å². The molecule has 4 aromatic rings. The third kappa shape index (κ3) is 10.4. The highest BCUT2D eigenvalue weighted by atomic mass is 127. The van der Waals surface area contributed by atoms with Gasteiger partial charge in [0.15, 0.2) is 8.32 Å². The van der Waals surface area contributed by atoms with Crippen LogP contribution in [0.4, 0.5) is 0 Å². The summed E-state index contributed by atoms with van der Waals surface area (Å²) in [6, 6.07) is 32.3. The standard InChI is InChI=1S/C18H15P.C15H27NOSSi.HI/c1-4-10-16(11-5-1)19(17-12-6-2-7-13-17)18-14-8-3-9-15-18;1-8-14(17-19(6,7)15(3,4)5)10-9-13-11-18-12(2)16-13;/h1-15H;9-11,14H,8H2,1-7H3;1H/t;14-;/m.0./s1. The van der Waals surface area contributed by atoms with Crippen molar-refractivity contribution in [2.75, 3.05) is 0 Å². The first-order chi connectivity index (χ1) is 18.1. The molecule has 4 rings (SSSR count). The highest BCUT2D eigenvalue weighted by Gasteiger charge is 2.38. The van der Waals surface area contributed by atoms with E-state index in [1.807, 2.05) is 6.92 Å². The largest absolute Gasteiger partial charge is 0.411 e. The van der Waals surface area contributed by atoms with Gasteiger partial charge >= 0.3 is 0 Å². The van der Waals surface area contributed by atoms with Crippen molar-refractivity contribution in [3.8, 4) is 0 Å². The summed E-state index contributed by atoms with van der Waals surface area (Å²) in [6.07, 6.45) is 5.45. The lowest BCUT2D eigenvalue weighted by Gasteiger charge is -2.38. The van der Waals surface area contributed by atoms with Crippen molar-refractivity contribution < 1.29 is 4.43 Å². The summed E-state index contributed by atoms with van der Waals surface area (Å²) in [6.45, 7) is 15.6. The molecule has 39 heavy (non-hydrogen) atoms. The minimum absolute atomic E-state index is 0. The molecule has 0 fully saturated rings. The average molecular weight is 688 g/mol. The number of halogens is 1. The monoisotopic (exact) mass is 687 g/mol. The van der Waals surface area contributed by atoms with Crippen LogP contribution in [-0.2, 0) is 4.43 Å². The molecule has 0 spiro atoms. The van der Waals surface area contributed by atoms with Crippen LogP contribution in [0.15, 0.2) is 102 Å². The van der Waals surface area contributed by atoms with E-state index in [-0.39, 0.29) is 35.1 Å². The summed E-state index contributed by atoms with van der Waals surface area (Å²) in [5.74, 6) is 0. The molecule has 0 bridgehead atoms. The number of hydrogen-bond acceptors (Lipinski definition) is 3. The molecular formula is C33H43INOPSSi. The fourth-order valence-corrected chi connectivity index (χ4v) is 7.90. The molecule has 0 aliphatic rings. The first-order valence-electron chi connectivity index (χ1n) is 13.3. The smallest absolute Gasteiger partial charge is 0.192 e. The summed E-state index contributed by atoms with van der Waals surface area (Å²) in [5.41, 5.74) is 1.04. The fourth-order valence-electron chi connectivity index (χ4n) is 3.65. The molecule has 3 aromatic carbocycles. The molecule has 0 saturated heterocycles. The van der Waals surface area contributed by atoms with Crippen LogP contribution in [0.25, 0.3) is 6.08 Å². The van der Waals surface area contributed by atoms with E-state index in [0.29, 0.717) is 0 Å². The zero-order valence-electron chi connectivity index (χ0n) is 24.3. The molecule has 2 nitrogen and oxygen atoms in total. The molecule has 0 saturated carbocycles. The summed E-state index contributed by atoms with van der Waals surface area (Å²) in [7, 11) is -2.14. The zero-order valence-corrected chi connectivity index (χ0v) is 29.3. The molecule has 0 aliphatic carbocycles. The summed E-state index contributed by atoms with van der Waals surface area (Å²) in [4.78, 5) is 4.45. The van der Waals surface area contributed by atoms with E-state index in [0.717, 1.165) is 17.1 Å². The maximum Gasteiger partial charge on any atom is 0.192 e. The van der Waals surface area contributed by atoms with Gasteiger partial charge in [0.25, 0.3) is 0 Å². The molecule has 6 heteroatoms. The van der Waals surface area contributed by atoms with Gasteiger partial charge in [0, 0.05) is 5.38 Å². The molecule has 1 heterocycles. The first kappa shape index (κ1) is 33.6. The van der Waals surface area contributed by atoms with Gasteiger partial charge in [0.2, 0.25) is 0 Å². The van der Waals surface area contributed by atoms with Crippen LogP contribution in [0.1, 0.15) is 44.8 Å². The van der Waals surface area contributed by atoms with Crippen molar-refractivity contribution in [2.24, 2.45) is 0 Å². The minimum atomic E-state index is -1.69. The molecule has 1 aromatic heterocycles. The Morgan fingerprint density at radius 1 is 0.846 bits per heavy atom. The van der Waals surface area contributed by atoms with E-state index >= 15 is 0 Å². The van der Waals surface area contributed by atoms with E-state index in [9.17, 15) is 0 Å². The normalized spacial score (nSPS) is 12.5. The quantitative estimate of drug-likeness (QED) is 0.105. The lowest BCUT2D eigenvalue weighted by Crippen LogP contribution is -2.43. The SMILES string of the molecule is CC[C@@H](C=Cc1csc(C)n1)O[Si](C)(C)C(C)(C)C.I.c1ccc(P(c2ccccc2)c2ccccc2)cc1. The van der Waals surface area contributed by atoms with Crippen molar-refractivity contribution in [1.29, 1.82) is 0 Å². The van der Waals surface area contributed by atoms with E-state index in [1.54, 1.807) is 11.3 Å². The van der Waals surface area contributed by atoms with Crippen LogP contribution in [0.2, 0.25) is 18.1 Å². The molecule has 0 unspecified atom stereocenters. The van der Waals surface area contributed by atoms with Gasteiger partial charge in [-0.2, -0.15) is 0 Å². The molecule has 0 aliphatic heterocycles. The van der Waals surface area contributed by atoms with E-state index in [4.69, 9.17) is 4.43 Å². The van der Waals surface area contributed by atoms with Crippen LogP contribution < -0.4 is 15.9 Å². The Morgan fingerprint density at radius 3 is 1.62 bits per heavy atom. The number of thiazole rings is 1. The lowest BCUT2D eigenvalue weighted by molar-refractivity contribution is 0.221. The van der Waals surface area contributed by atoms with E-state index in [1.165, 1.54) is 15.9 Å². The van der Waals surface area contributed by atoms with Crippen LogP contribution >= 0.6 is 43.2 Å². The molecule has 1 atom stereocenters. The van der Waals surface area contributed by atoms with Crippen LogP contribution in [0, 0.1) is 6.92 Å². The first-order valence-corrected chi connectivity index (χ1v) is 18.5. The number of hydrogen-bond donors (Lipinski definition) is 0. The minimum Gasteiger partial charge on any atom is -0.411 e. The van der Waals surface area contributed by atoms with Gasteiger partial charge in [-0.15, -0.1) is 35.3 Å². The summed E-state index contributed by atoms with van der Waals surface area (Å²) in [5, 5.41) is 7.65. The summed E-state index contributed by atoms with van der Waals surface area (Å²) >= 11 is 1.69. The fraction of sp³-hybridized carbons (Fsp3) is 0.303. The van der Waals surface area contributed by atoms with Gasteiger partial charge < -0.3 is 4.43 Å². The van der Waals surface area contributed by atoms with Crippen LogP contribution in [0.5, 0.6) is 0 Å². The molecule has 0 N–H and O–H groups in total. The average Bonchev–Trinajstić information content (AvgIpc) is 3.33. The Hall–Kier alpha value is -1.63. The second-order valence-electron chi connectivity index (χ2n) is 10.8. The third-order valence-electron chi connectivity index (χ3n) is 6.82. The Labute approximate surface area is 259 Å². The maximum absolute atomic E-state index is 6.41. The second-order valence-corrected chi connectivity index (χ2v) is 18.9. The predicted octanol–water partition coefficient (Wildman–Crippen LogP) is 9.33. The second kappa shape index (κ2) is 16.0. The molecule has 0 amide bonds. The van der Waals surface area contributed by atoms with E-state index < -0.39 is 16.2 Å². The number of aryl methyl sites for hydroxylation is 1. The molecule has 0 radical (unpaired) electrons. The van der Waals surface area contributed by atoms with E-state index in [2.05, 4.69) is 154 Å². The van der Waals surface area contributed by atoms with Crippen molar-refractivity contribution in [3.63, 3.8) is 0 Å². The molecule has 208 valence electrons. The van der Waals surface area contributed by atoms with Crippen molar-refractivity contribution in [2.45, 2.75) is 65.3 Å². The Bertz CT molecular complexity index is 1160. The number of rotatable bonds is 8. The summed E-state index contributed by atoms with van der Waals surface area (Å²) < 4.78 is 6.41. The molecular weight excluding hydrogens is 644 g/mol. The van der Waals surface area contributed by atoms with Crippen LogP contribution in [-0.4, -0.2) is 19.4 Å². The number of aromatic nitrogens is 1. The highest BCUT2D eigenvalue weighted by molar-refractivity contribution is 14.0. The maximum atomic E-state index is 6.41. The zero-order chi connectivity index (χ0) is 27.6.